The summed E-state index contributed by atoms with van der Waals surface area (Å²) in [7, 11) is 2.17. The molecular weight excluding hydrogens is 260 g/mol. The van der Waals surface area contributed by atoms with Gasteiger partial charge in [0.25, 0.3) is 0 Å². The van der Waals surface area contributed by atoms with Gasteiger partial charge in [-0.3, -0.25) is 4.90 Å². The number of likely N-dealkylation sites (N-methyl/N-ethyl adjacent to an activating group) is 1. The zero-order chi connectivity index (χ0) is 14.0. The van der Waals surface area contributed by atoms with E-state index in [1.54, 1.807) is 0 Å². The number of rotatable bonds is 3. The molecule has 1 aliphatic rings. The maximum absolute atomic E-state index is 6.12. The van der Waals surface area contributed by atoms with E-state index in [4.69, 9.17) is 11.6 Å². The van der Waals surface area contributed by atoms with Crippen molar-refractivity contribution in [2.45, 2.75) is 39.2 Å². The van der Waals surface area contributed by atoms with Crippen LogP contribution in [0.3, 0.4) is 0 Å². The highest BCUT2D eigenvalue weighted by atomic mass is 35.5. The zero-order valence-electron chi connectivity index (χ0n) is 12.3. The largest absolute Gasteiger partial charge is 0.353 e. The highest BCUT2D eigenvalue weighted by Gasteiger charge is 2.31. The first-order valence-corrected chi connectivity index (χ1v) is 7.30. The molecule has 0 bridgehead atoms. The fourth-order valence-electron chi connectivity index (χ4n) is 2.38. The van der Waals surface area contributed by atoms with Crippen LogP contribution in [0.15, 0.2) is 6.07 Å². The second-order valence-corrected chi connectivity index (χ2v) is 6.26. The molecule has 2 rings (SSSR count). The standard InChI is InChI=1S/C14H23ClN4/c1-5-6-12-16-11(15)9-13(17-12)19-8-7-18(4)14(2,3)10-19/h9H,5-8,10H2,1-4H3. The van der Waals surface area contributed by atoms with Crippen molar-refractivity contribution in [2.75, 3.05) is 31.6 Å². The van der Waals surface area contributed by atoms with Gasteiger partial charge in [-0.25, -0.2) is 9.97 Å². The van der Waals surface area contributed by atoms with Gasteiger partial charge >= 0.3 is 0 Å². The lowest BCUT2D eigenvalue weighted by molar-refractivity contribution is 0.138. The van der Waals surface area contributed by atoms with Gasteiger partial charge in [0.15, 0.2) is 0 Å². The van der Waals surface area contributed by atoms with Crippen molar-refractivity contribution in [1.82, 2.24) is 14.9 Å². The highest BCUT2D eigenvalue weighted by Crippen LogP contribution is 2.24. The van der Waals surface area contributed by atoms with Crippen molar-refractivity contribution in [1.29, 1.82) is 0 Å². The van der Waals surface area contributed by atoms with Gasteiger partial charge < -0.3 is 4.90 Å². The number of hydrogen-bond donors (Lipinski definition) is 0. The van der Waals surface area contributed by atoms with Crippen LogP contribution < -0.4 is 4.90 Å². The number of nitrogens with zero attached hydrogens (tertiary/aromatic N) is 4. The van der Waals surface area contributed by atoms with Crippen LogP contribution >= 0.6 is 11.6 Å². The smallest absolute Gasteiger partial charge is 0.134 e. The maximum Gasteiger partial charge on any atom is 0.134 e. The number of aryl methyl sites for hydroxylation is 1. The summed E-state index contributed by atoms with van der Waals surface area (Å²) in [6, 6.07) is 1.88. The minimum Gasteiger partial charge on any atom is -0.353 e. The molecule has 5 heteroatoms. The molecule has 0 amide bonds. The Morgan fingerprint density at radius 1 is 1.32 bits per heavy atom. The van der Waals surface area contributed by atoms with Gasteiger partial charge in [0.05, 0.1) is 0 Å². The van der Waals surface area contributed by atoms with Crippen LogP contribution in [-0.2, 0) is 6.42 Å². The molecule has 0 atom stereocenters. The normalized spacial score (nSPS) is 19.7. The van der Waals surface area contributed by atoms with Crippen LogP contribution in [0.1, 0.15) is 33.0 Å². The van der Waals surface area contributed by atoms with Gasteiger partial charge in [0, 0.05) is 37.7 Å². The fraction of sp³-hybridized carbons (Fsp3) is 0.714. The van der Waals surface area contributed by atoms with E-state index in [1.807, 2.05) is 6.07 Å². The molecule has 1 aliphatic heterocycles. The predicted octanol–water partition coefficient (Wildman–Crippen LogP) is 2.61. The molecule has 1 aromatic heterocycles. The Balaban J connectivity index is 2.22. The number of hydrogen-bond acceptors (Lipinski definition) is 4. The van der Waals surface area contributed by atoms with E-state index >= 15 is 0 Å². The summed E-state index contributed by atoms with van der Waals surface area (Å²) < 4.78 is 0. The van der Waals surface area contributed by atoms with Crippen molar-refractivity contribution >= 4 is 17.4 Å². The number of halogens is 1. The van der Waals surface area contributed by atoms with Crippen LogP contribution in [0.25, 0.3) is 0 Å². The summed E-state index contributed by atoms with van der Waals surface area (Å²) >= 11 is 6.12. The summed E-state index contributed by atoms with van der Waals surface area (Å²) in [5.41, 5.74) is 0.153. The Hall–Kier alpha value is -0.870. The first-order valence-electron chi connectivity index (χ1n) is 6.92. The second-order valence-electron chi connectivity index (χ2n) is 5.87. The second kappa shape index (κ2) is 5.63. The average molecular weight is 283 g/mol. The molecule has 4 nitrogen and oxygen atoms in total. The molecule has 0 saturated carbocycles. The van der Waals surface area contributed by atoms with Gasteiger partial charge in [-0.05, 0) is 27.3 Å². The summed E-state index contributed by atoms with van der Waals surface area (Å²) in [5.74, 6) is 1.81. The Labute approximate surface area is 120 Å². The third-order valence-corrected chi connectivity index (χ3v) is 4.04. The fourth-order valence-corrected chi connectivity index (χ4v) is 2.58. The minimum atomic E-state index is 0.153. The molecule has 0 spiro atoms. The van der Waals surface area contributed by atoms with E-state index in [0.29, 0.717) is 5.15 Å². The quantitative estimate of drug-likeness (QED) is 0.798. The van der Waals surface area contributed by atoms with Crippen molar-refractivity contribution in [3.05, 3.63) is 17.0 Å². The molecule has 0 radical (unpaired) electrons. The van der Waals surface area contributed by atoms with Crippen molar-refractivity contribution in [3.8, 4) is 0 Å². The lowest BCUT2D eigenvalue weighted by Crippen LogP contribution is -2.57. The van der Waals surface area contributed by atoms with Crippen LogP contribution in [0.4, 0.5) is 5.82 Å². The van der Waals surface area contributed by atoms with Crippen molar-refractivity contribution in [2.24, 2.45) is 0 Å². The molecule has 0 N–H and O–H groups in total. The topological polar surface area (TPSA) is 32.3 Å². The van der Waals surface area contributed by atoms with E-state index in [0.717, 1.165) is 44.1 Å². The van der Waals surface area contributed by atoms with Crippen LogP contribution in [0, 0.1) is 0 Å². The van der Waals surface area contributed by atoms with E-state index in [2.05, 4.69) is 47.6 Å². The monoisotopic (exact) mass is 282 g/mol. The highest BCUT2D eigenvalue weighted by molar-refractivity contribution is 6.29. The summed E-state index contributed by atoms with van der Waals surface area (Å²) in [6.07, 6.45) is 1.92. The number of anilines is 1. The van der Waals surface area contributed by atoms with Gasteiger partial charge in [-0.15, -0.1) is 0 Å². The van der Waals surface area contributed by atoms with Crippen LogP contribution in [0.2, 0.25) is 5.15 Å². The minimum absolute atomic E-state index is 0.153. The molecule has 2 heterocycles. The van der Waals surface area contributed by atoms with E-state index in [9.17, 15) is 0 Å². The third-order valence-electron chi connectivity index (χ3n) is 3.84. The summed E-state index contributed by atoms with van der Waals surface area (Å²) in [6.45, 7) is 9.63. The van der Waals surface area contributed by atoms with Gasteiger partial charge in [0.1, 0.15) is 16.8 Å². The molecule has 19 heavy (non-hydrogen) atoms. The zero-order valence-corrected chi connectivity index (χ0v) is 13.0. The molecule has 106 valence electrons. The predicted molar refractivity (Wildman–Crippen MR) is 80.0 cm³/mol. The first-order chi connectivity index (χ1) is 8.92. The maximum atomic E-state index is 6.12. The Morgan fingerprint density at radius 3 is 2.68 bits per heavy atom. The van der Waals surface area contributed by atoms with Crippen LogP contribution in [-0.4, -0.2) is 47.1 Å². The first kappa shape index (κ1) is 14.5. The summed E-state index contributed by atoms with van der Waals surface area (Å²) in [5, 5.41) is 0.546. The Kier molecular flexibility index (Phi) is 4.31. The molecule has 0 unspecified atom stereocenters. The van der Waals surface area contributed by atoms with Gasteiger partial charge in [0.2, 0.25) is 0 Å². The summed E-state index contributed by atoms with van der Waals surface area (Å²) in [4.78, 5) is 13.6. The average Bonchev–Trinajstić information content (AvgIpc) is 2.32. The Bertz CT molecular complexity index is 447. The van der Waals surface area contributed by atoms with E-state index in [-0.39, 0.29) is 5.54 Å². The van der Waals surface area contributed by atoms with Gasteiger partial charge in [-0.2, -0.15) is 0 Å². The molecule has 0 aromatic carbocycles. The number of aromatic nitrogens is 2. The van der Waals surface area contributed by atoms with Crippen molar-refractivity contribution in [3.63, 3.8) is 0 Å². The van der Waals surface area contributed by atoms with E-state index < -0.39 is 0 Å². The molecule has 0 aliphatic carbocycles. The lowest BCUT2D eigenvalue weighted by Gasteiger charge is -2.45. The third kappa shape index (κ3) is 3.37. The number of piperazine rings is 1. The lowest BCUT2D eigenvalue weighted by atomic mass is 10.00. The van der Waals surface area contributed by atoms with Crippen LogP contribution in [0.5, 0.6) is 0 Å². The Morgan fingerprint density at radius 2 is 2.05 bits per heavy atom. The SMILES string of the molecule is CCCc1nc(Cl)cc(N2CCN(C)C(C)(C)C2)n1. The molecule has 1 saturated heterocycles. The molecule has 1 fully saturated rings. The molecular formula is C14H23ClN4. The van der Waals surface area contributed by atoms with Crippen molar-refractivity contribution < 1.29 is 0 Å². The van der Waals surface area contributed by atoms with Gasteiger partial charge in [-0.1, -0.05) is 18.5 Å². The molecule has 1 aromatic rings. The van der Waals surface area contributed by atoms with E-state index in [1.165, 1.54) is 0 Å².